The molecule has 2 aromatic heterocycles. The van der Waals surface area contributed by atoms with Crippen LogP contribution in [0, 0.1) is 12.3 Å². The van der Waals surface area contributed by atoms with Crippen molar-refractivity contribution >= 4 is 23.4 Å². The number of hydrogen-bond acceptors (Lipinski definition) is 7. The molecule has 0 bridgehead atoms. The first-order valence-corrected chi connectivity index (χ1v) is 13.2. The number of rotatable bonds is 12. The first kappa shape index (κ1) is 29.9. The smallest absolute Gasteiger partial charge is 0.550 e. The van der Waals surface area contributed by atoms with Crippen molar-refractivity contribution in [1.29, 1.82) is 0 Å². The summed E-state index contributed by atoms with van der Waals surface area (Å²) in [6.07, 6.45) is 2.42. The predicted octanol–water partition coefficient (Wildman–Crippen LogP) is 2.88. The second-order valence-corrected chi connectivity index (χ2v) is 11.3. The van der Waals surface area contributed by atoms with E-state index in [9.17, 15) is 23.5 Å². The van der Waals surface area contributed by atoms with E-state index >= 15 is 0 Å². The largest absolute Gasteiger partial charge is 1.00 e. The van der Waals surface area contributed by atoms with Crippen molar-refractivity contribution in [2.45, 2.75) is 83.0 Å². The molecule has 7 nitrogen and oxygen atoms in total. The topological polar surface area (TPSA) is 109 Å². The van der Waals surface area contributed by atoms with Gasteiger partial charge in [-0.2, -0.15) is 8.78 Å². The Kier molecular flexibility index (Phi) is 8.76. The van der Waals surface area contributed by atoms with E-state index < -0.39 is 29.0 Å². The van der Waals surface area contributed by atoms with Gasteiger partial charge in [0.2, 0.25) is 5.76 Å². The van der Waals surface area contributed by atoms with E-state index in [1.165, 1.54) is 13.0 Å². The van der Waals surface area contributed by atoms with E-state index in [0.29, 0.717) is 34.7 Å². The molecule has 0 saturated heterocycles. The number of alkyl halides is 2. The molecular formula is C28H28ClF2N2NaO5. The second kappa shape index (κ2) is 11.4. The van der Waals surface area contributed by atoms with Crippen molar-refractivity contribution in [3.05, 3.63) is 57.4 Å². The average Bonchev–Trinajstić information content (AvgIpc) is 3.74. The van der Waals surface area contributed by atoms with Gasteiger partial charge in [0.15, 0.2) is 11.5 Å². The van der Waals surface area contributed by atoms with Crippen molar-refractivity contribution < 1.29 is 62.1 Å². The fourth-order valence-electron chi connectivity index (χ4n) is 4.87. The van der Waals surface area contributed by atoms with Crippen LogP contribution in [-0.2, 0) is 21.9 Å². The molecule has 39 heavy (non-hydrogen) atoms. The molecule has 1 aromatic carbocycles. The number of halogens is 3. The Hall–Kier alpha value is -2.07. The van der Waals surface area contributed by atoms with Gasteiger partial charge in [-0.1, -0.05) is 41.0 Å². The third kappa shape index (κ3) is 6.32. The molecule has 2 fully saturated rings. The summed E-state index contributed by atoms with van der Waals surface area (Å²) in [6.45, 7) is 3.42. The maximum absolute atomic E-state index is 14.9. The van der Waals surface area contributed by atoms with E-state index in [0.717, 1.165) is 18.4 Å². The minimum absolute atomic E-state index is 0. The molecule has 0 spiro atoms. The number of Topliss-reactive ketones (excluding diaryl/α,β-unsaturated/α-hetero) is 1. The van der Waals surface area contributed by atoms with Crippen LogP contribution in [0.5, 0.6) is 0 Å². The summed E-state index contributed by atoms with van der Waals surface area (Å²) in [4.78, 5) is 24.4. The summed E-state index contributed by atoms with van der Waals surface area (Å²) in [6, 6.07) is 6.65. The summed E-state index contributed by atoms with van der Waals surface area (Å²) < 4.78 is 40.5. The standard InChI is InChI=1S/C28H29ClF2N2O5.Na/c1-15-3-4-17(20(29)11-15)12-19(34)13-18(7-8-23(35)36)25-24(16-5-6-16)26(38-33-25)21-14-22(37-32-21)28(30,31)27(2)9-10-27;/h3-4,11,14,16,18H,5-10,12-13H2,1-2H3,(H,35,36);/q;+1/p-1/t18-;/m0./s1. The van der Waals surface area contributed by atoms with Gasteiger partial charge < -0.3 is 18.9 Å². The van der Waals surface area contributed by atoms with Crippen molar-refractivity contribution in [2.75, 3.05) is 0 Å². The number of aromatic nitrogens is 2. The number of benzene rings is 1. The number of aliphatic carboxylic acids is 1. The third-order valence-corrected chi connectivity index (χ3v) is 8.06. The number of carboxylic acids is 1. The molecule has 2 aliphatic rings. The summed E-state index contributed by atoms with van der Waals surface area (Å²) >= 11 is 6.31. The van der Waals surface area contributed by atoms with Crippen LogP contribution in [0.1, 0.15) is 91.8 Å². The number of hydrogen-bond donors (Lipinski definition) is 0. The number of carbonyl (C=O) groups excluding carboxylic acids is 2. The Bertz CT molecular complexity index is 1380. The molecular weight excluding hydrogens is 541 g/mol. The molecule has 202 valence electrons. The second-order valence-electron chi connectivity index (χ2n) is 10.9. The van der Waals surface area contributed by atoms with Gasteiger partial charge in [0, 0.05) is 46.8 Å². The van der Waals surface area contributed by atoms with Gasteiger partial charge in [-0.3, -0.25) is 4.79 Å². The van der Waals surface area contributed by atoms with Crippen molar-refractivity contribution in [3.63, 3.8) is 0 Å². The Morgan fingerprint density at radius 1 is 1.21 bits per heavy atom. The van der Waals surface area contributed by atoms with Gasteiger partial charge in [0.05, 0.1) is 5.69 Å². The van der Waals surface area contributed by atoms with Crippen LogP contribution in [0.2, 0.25) is 5.02 Å². The van der Waals surface area contributed by atoms with Gasteiger partial charge in [0.25, 0.3) is 0 Å². The van der Waals surface area contributed by atoms with E-state index in [2.05, 4.69) is 10.3 Å². The van der Waals surface area contributed by atoms with Crippen molar-refractivity contribution in [2.24, 2.45) is 5.41 Å². The van der Waals surface area contributed by atoms with Crippen molar-refractivity contribution in [3.8, 4) is 11.5 Å². The van der Waals surface area contributed by atoms with E-state index in [4.69, 9.17) is 20.6 Å². The first-order chi connectivity index (χ1) is 18.0. The maximum Gasteiger partial charge on any atom is 1.00 e. The van der Waals surface area contributed by atoms with Crippen LogP contribution in [0.4, 0.5) is 8.78 Å². The molecule has 0 N–H and O–H groups in total. The fraction of sp³-hybridized carbons (Fsp3) is 0.500. The van der Waals surface area contributed by atoms with Gasteiger partial charge in [-0.05, 0) is 68.6 Å². The molecule has 0 aliphatic heterocycles. The Morgan fingerprint density at radius 2 is 1.92 bits per heavy atom. The summed E-state index contributed by atoms with van der Waals surface area (Å²) in [7, 11) is 0. The van der Waals surface area contributed by atoms with Crippen LogP contribution in [0.25, 0.3) is 11.5 Å². The number of aryl methyl sites for hydroxylation is 1. The maximum atomic E-state index is 14.9. The Morgan fingerprint density at radius 3 is 2.54 bits per heavy atom. The zero-order chi connectivity index (χ0) is 27.2. The molecule has 5 rings (SSSR count). The monoisotopic (exact) mass is 568 g/mol. The quantitative estimate of drug-likeness (QED) is 0.309. The molecule has 11 heteroatoms. The van der Waals surface area contributed by atoms with Gasteiger partial charge in [-0.15, -0.1) is 0 Å². The molecule has 0 radical (unpaired) electrons. The Labute approximate surface area is 251 Å². The number of carboxylic acid groups (broad SMARTS) is 1. The van der Waals surface area contributed by atoms with Gasteiger partial charge in [-0.25, -0.2) is 0 Å². The number of carbonyl (C=O) groups is 2. The van der Waals surface area contributed by atoms with Crippen LogP contribution in [0.15, 0.2) is 33.3 Å². The summed E-state index contributed by atoms with van der Waals surface area (Å²) in [5.41, 5.74) is 1.76. The zero-order valence-electron chi connectivity index (χ0n) is 22.2. The molecule has 0 amide bonds. The van der Waals surface area contributed by atoms with Gasteiger partial charge in [0.1, 0.15) is 5.78 Å². The molecule has 2 aliphatic carbocycles. The van der Waals surface area contributed by atoms with Crippen molar-refractivity contribution in [1.82, 2.24) is 10.3 Å². The normalized spacial score (nSPS) is 16.9. The van der Waals surface area contributed by atoms with E-state index in [-0.39, 0.29) is 78.4 Å². The minimum Gasteiger partial charge on any atom is -0.550 e. The van der Waals surface area contributed by atoms with E-state index in [1.54, 1.807) is 12.1 Å². The minimum atomic E-state index is -3.17. The van der Waals surface area contributed by atoms with Crippen LogP contribution in [-0.4, -0.2) is 22.1 Å². The van der Waals surface area contributed by atoms with Crippen LogP contribution in [0.3, 0.4) is 0 Å². The molecule has 1 atom stereocenters. The summed E-state index contributed by atoms with van der Waals surface area (Å²) in [5.74, 6) is -5.34. The zero-order valence-corrected chi connectivity index (χ0v) is 24.9. The SMILES string of the molecule is Cc1ccc(CC(=O)C[C@H](CCC(=O)[O-])c2noc(-c3cc(C(F)(F)C4(C)CC4)on3)c2C2CC2)c(Cl)c1.[Na+]. The first-order valence-electron chi connectivity index (χ1n) is 12.8. The average molecular weight is 569 g/mol. The summed E-state index contributed by atoms with van der Waals surface area (Å²) in [5, 5.41) is 19.9. The van der Waals surface area contributed by atoms with Crippen LogP contribution < -0.4 is 34.7 Å². The third-order valence-electron chi connectivity index (χ3n) is 7.71. The fourth-order valence-corrected chi connectivity index (χ4v) is 5.17. The molecule has 2 saturated carbocycles. The van der Waals surface area contributed by atoms with E-state index in [1.807, 2.05) is 13.0 Å². The Balaban J connectivity index is 0.00000353. The molecule has 0 unspecified atom stereocenters. The molecule has 3 aromatic rings. The molecule has 2 heterocycles. The van der Waals surface area contributed by atoms with Crippen LogP contribution >= 0.6 is 11.6 Å². The number of nitrogens with zero attached hydrogens (tertiary/aromatic N) is 2. The number of ketones is 1. The predicted molar refractivity (Wildman–Crippen MR) is 132 cm³/mol. The van der Waals surface area contributed by atoms with Gasteiger partial charge >= 0.3 is 35.5 Å².